The maximum Gasteiger partial charge on any atom is 0.332 e. The van der Waals surface area contributed by atoms with Gasteiger partial charge in [0, 0.05) is 19.0 Å². The molecular weight excluding hydrogens is 284 g/mol. The van der Waals surface area contributed by atoms with E-state index in [2.05, 4.69) is 5.32 Å². The van der Waals surface area contributed by atoms with Gasteiger partial charge >= 0.3 is 11.7 Å². The third kappa shape index (κ3) is 5.45. The minimum Gasteiger partial charge on any atom is -0.479 e. The van der Waals surface area contributed by atoms with Crippen LogP contribution in [0, 0.1) is 10.1 Å². The second-order valence-corrected chi connectivity index (χ2v) is 4.01. The van der Waals surface area contributed by atoms with Crippen LogP contribution in [0.1, 0.15) is 6.42 Å². The molecule has 1 amide bonds. The molecule has 0 radical (unpaired) electrons. The number of para-hydroxylation sites is 2. The van der Waals surface area contributed by atoms with E-state index >= 15 is 0 Å². The summed E-state index contributed by atoms with van der Waals surface area (Å²) in [6.07, 6.45) is -1.70. The van der Waals surface area contributed by atoms with Crippen LogP contribution in [0.5, 0.6) is 5.75 Å². The zero-order valence-electron chi connectivity index (χ0n) is 10.9. The lowest BCUT2D eigenvalue weighted by Gasteiger charge is -2.08. The van der Waals surface area contributed by atoms with E-state index in [0.29, 0.717) is 0 Å². The summed E-state index contributed by atoms with van der Waals surface area (Å²) in [5, 5.41) is 30.5. The molecule has 0 spiro atoms. The number of rotatable bonds is 8. The number of carbonyl (C=O) groups excluding carboxylic acids is 1. The van der Waals surface area contributed by atoms with E-state index < -0.39 is 29.5 Å². The van der Waals surface area contributed by atoms with Crippen molar-refractivity contribution in [3.05, 3.63) is 34.4 Å². The number of carboxylic acid groups (broad SMARTS) is 1. The highest BCUT2D eigenvalue weighted by Crippen LogP contribution is 2.25. The molecule has 1 rings (SSSR count). The van der Waals surface area contributed by atoms with Crippen LogP contribution in [0.4, 0.5) is 5.69 Å². The normalized spacial score (nSPS) is 11.5. The number of ether oxygens (including phenoxy) is 1. The van der Waals surface area contributed by atoms with E-state index in [1.54, 1.807) is 0 Å². The van der Waals surface area contributed by atoms with E-state index in [-0.39, 0.29) is 24.4 Å². The van der Waals surface area contributed by atoms with Gasteiger partial charge in [-0.15, -0.1) is 0 Å². The van der Waals surface area contributed by atoms with Crippen LogP contribution >= 0.6 is 0 Å². The van der Waals surface area contributed by atoms with Crippen LogP contribution in [0.2, 0.25) is 0 Å². The quantitative estimate of drug-likeness (QED) is 0.450. The molecule has 1 unspecified atom stereocenters. The Morgan fingerprint density at radius 1 is 1.38 bits per heavy atom. The van der Waals surface area contributed by atoms with Crippen molar-refractivity contribution in [2.75, 3.05) is 13.2 Å². The maximum atomic E-state index is 11.4. The SMILES string of the molecule is O=C(COc1ccccc1[N+](=O)[O-])NCCC(O)C(=O)O. The monoisotopic (exact) mass is 298 g/mol. The molecule has 9 nitrogen and oxygen atoms in total. The summed E-state index contributed by atoms with van der Waals surface area (Å²) in [7, 11) is 0. The van der Waals surface area contributed by atoms with Crippen molar-refractivity contribution in [1.29, 1.82) is 0 Å². The Labute approximate surface area is 119 Å². The van der Waals surface area contributed by atoms with Crippen molar-refractivity contribution >= 4 is 17.6 Å². The summed E-state index contributed by atoms with van der Waals surface area (Å²) in [5.74, 6) is -1.99. The number of carboxylic acids is 1. The minimum atomic E-state index is -1.55. The highest BCUT2D eigenvalue weighted by molar-refractivity contribution is 5.77. The van der Waals surface area contributed by atoms with Gasteiger partial charge in [0.05, 0.1) is 4.92 Å². The van der Waals surface area contributed by atoms with Crippen LogP contribution in [0.15, 0.2) is 24.3 Å². The van der Waals surface area contributed by atoms with Gasteiger partial charge in [-0.25, -0.2) is 4.79 Å². The van der Waals surface area contributed by atoms with Crippen LogP contribution in [0.3, 0.4) is 0 Å². The molecule has 1 aromatic carbocycles. The Bertz CT molecular complexity index is 532. The van der Waals surface area contributed by atoms with Crippen molar-refractivity contribution in [1.82, 2.24) is 5.32 Å². The Morgan fingerprint density at radius 2 is 2.05 bits per heavy atom. The van der Waals surface area contributed by atoms with Crippen molar-refractivity contribution in [3.63, 3.8) is 0 Å². The average molecular weight is 298 g/mol. The first kappa shape index (κ1) is 16.4. The molecule has 0 aliphatic carbocycles. The Hall–Kier alpha value is -2.68. The molecule has 114 valence electrons. The Kier molecular flexibility index (Phi) is 6.08. The van der Waals surface area contributed by atoms with Gasteiger partial charge in [-0.1, -0.05) is 12.1 Å². The number of nitrogens with one attached hydrogen (secondary N) is 1. The van der Waals surface area contributed by atoms with E-state index in [1.807, 2.05) is 0 Å². The average Bonchev–Trinajstić information content (AvgIpc) is 2.45. The maximum absolute atomic E-state index is 11.4. The first-order chi connectivity index (χ1) is 9.91. The zero-order chi connectivity index (χ0) is 15.8. The molecule has 1 aromatic rings. The number of hydrogen-bond acceptors (Lipinski definition) is 6. The number of nitro groups is 1. The number of hydrogen-bond donors (Lipinski definition) is 3. The highest BCUT2D eigenvalue weighted by atomic mass is 16.6. The number of nitrogens with zero attached hydrogens (tertiary/aromatic N) is 1. The number of carbonyl (C=O) groups is 2. The Balaban J connectivity index is 2.40. The zero-order valence-corrected chi connectivity index (χ0v) is 10.9. The molecule has 0 bridgehead atoms. The number of aliphatic hydroxyl groups is 1. The fraction of sp³-hybridized carbons (Fsp3) is 0.333. The van der Waals surface area contributed by atoms with Gasteiger partial charge in [0.1, 0.15) is 0 Å². The second-order valence-electron chi connectivity index (χ2n) is 4.01. The first-order valence-electron chi connectivity index (χ1n) is 5.95. The molecule has 0 aromatic heterocycles. The molecule has 0 fully saturated rings. The van der Waals surface area contributed by atoms with Gasteiger partial charge in [-0.3, -0.25) is 14.9 Å². The molecule has 0 heterocycles. The molecule has 0 saturated carbocycles. The lowest BCUT2D eigenvalue weighted by molar-refractivity contribution is -0.385. The number of aliphatic carboxylic acids is 1. The summed E-state index contributed by atoms with van der Waals surface area (Å²) in [6.45, 7) is -0.499. The number of nitro benzene ring substituents is 1. The fourth-order valence-corrected chi connectivity index (χ4v) is 1.40. The van der Waals surface area contributed by atoms with Crippen LogP contribution < -0.4 is 10.1 Å². The van der Waals surface area contributed by atoms with Gasteiger partial charge in [0.25, 0.3) is 5.91 Å². The van der Waals surface area contributed by atoms with Crippen molar-refractivity contribution < 1.29 is 29.5 Å². The van der Waals surface area contributed by atoms with E-state index in [4.69, 9.17) is 14.9 Å². The highest BCUT2D eigenvalue weighted by Gasteiger charge is 2.16. The largest absolute Gasteiger partial charge is 0.479 e. The van der Waals surface area contributed by atoms with Gasteiger partial charge in [0.2, 0.25) is 0 Å². The standard InChI is InChI=1S/C12H14N2O7/c15-9(12(17)18)5-6-13-11(16)7-21-10-4-2-1-3-8(10)14(19)20/h1-4,9,15H,5-7H2,(H,13,16)(H,17,18). The summed E-state index contributed by atoms with van der Waals surface area (Å²) >= 11 is 0. The third-order valence-corrected chi connectivity index (χ3v) is 2.45. The minimum absolute atomic E-state index is 0.0387. The van der Waals surface area contributed by atoms with Gasteiger partial charge in [0.15, 0.2) is 18.5 Å². The topological polar surface area (TPSA) is 139 Å². The third-order valence-electron chi connectivity index (χ3n) is 2.45. The fourth-order valence-electron chi connectivity index (χ4n) is 1.40. The summed E-state index contributed by atoms with van der Waals surface area (Å²) < 4.78 is 5.03. The van der Waals surface area contributed by atoms with Crippen molar-refractivity contribution in [3.8, 4) is 5.75 Å². The van der Waals surface area contributed by atoms with Crippen LogP contribution in [-0.2, 0) is 9.59 Å². The molecule has 9 heteroatoms. The van der Waals surface area contributed by atoms with Crippen LogP contribution in [0.25, 0.3) is 0 Å². The van der Waals surface area contributed by atoms with Crippen LogP contribution in [-0.4, -0.2) is 46.3 Å². The smallest absolute Gasteiger partial charge is 0.332 e. The number of benzene rings is 1. The molecule has 0 aliphatic heterocycles. The van der Waals surface area contributed by atoms with E-state index in [0.717, 1.165) is 0 Å². The van der Waals surface area contributed by atoms with Crippen molar-refractivity contribution in [2.45, 2.75) is 12.5 Å². The summed E-state index contributed by atoms with van der Waals surface area (Å²) in [6, 6.07) is 5.61. The van der Waals surface area contributed by atoms with Crippen molar-refractivity contribution in [2.24, 2.45) is 0 Å². The number of amides is 1. The molecule has 21 heavy (non-hydrogen) atoms. The molecule has 3 N–H and O–H groups in total. The lowest BCUT2D eigenvalue weighted by atomic mass is 10.2. The first-order valence-corrected chi connectivity index (χ1v) is 5.95. The predicted octanol–water partition coefficient (Wildman–Crippen LogP) is -0.0746. The molecule has 0 saturated heterocycles. The second kappa shape index (κ2) is 7.80. The van der Waals surface area contributed by atoms with Gasteiger partial charge in [-0.2, -0.15) is 0 Å². The Morgan fingerprint density at radius 3 is 2.67 bits per heavy atom. The predicted molar refractivity (Wildman–Crippen MR) is 69.9 cm³/mol. The summed E-state index contributed by atoms with van der Waals surface area (Å²) in [4.78, 5) is 31.8. The molecular formula is C12H14N2O7. The van der Waals surface area contributed by atoms with E-state index in [1.165, 1.54) is 24.3 Å². The summed E-state index contributed by atoms with van der Waals surface area (Å²) in [5.41, 5.74) is -0.258. The van der Waals surface area contributed by atoms with E-state index in [9.17, 15) is 19.7 Å². The molecule has 1 atom stereocenters. The van der Waals surface area contributed by atoms with Gasteiger partial charge < -0.3 is 20.3 Å². The lowest BCUT2D eigenvalue weighted by Crippen LogP contribution is -2.33. The van der Waals surface area contributed by atoms with Gasteiger partial charge in [-0.05, 0) is 6.07 Å². The molecule has 0 aliphatic rings. The number of aliphatic hydroxyl groups excluding tert-OH is 1.